The molecule has 6 nitrogen and oxygen atoms in total. The molecule has 1 aromatic rings. The van der Waals surface area contributed by atoms with Crippen molar-refractivity contribution in [3.63, 3.8) is 0 Å². The van der Waals surface area contributed by atoms with Crippen molar-refractivity contribution >= 4 is 11.9 Å². The maximum Gasteiger partial charge on any atom is 0.320 e. The largest absolute Gasteiger partial charge is 0.496 e. The summed E-state index contributed by atoms with van der Waals surface area (Å²) in [5, 5.41) is 14.3. The van der Waals surface area contributed by atoms with Crippen LogP contribution in [0, 0.1) is 0 Å². The van der Waals surface area contributed by atoms with Gasteiger partial charge in [-0.25, -0.2) is 0 Å². The van der Waals surface area contributed by atoms with Crippen molar-refractivity contribution in [2.45, 2.75) is 25.3 Å². The number of nitrogens with one attached hydrogen (secondary N) is 2. The van der Waals surface area contributed by atoms with E-state index in [4.69, 9.17) is 9.84 Å². The highest BCUT2D eigenvalue weighted by atomic mass is 16.5. The van der Waals surface area contributed by atoms with Crippen LogP contribution in [0.3, 0.4) is 0 Å². The summed E-state index contributed by atoms with van der Waals surface area (Å²) in [4.78, 5) is 22.6. The molecule has 1 amide bonds. The predicted molar refractivity (Wildman–Crippen MR) is 79.8 cm³/mol. The van der Waals surface area contributed by atoms with Gasteiger partial charge in [0.25, 0.3) is 5.91 Å². The molecule has 0 unspecified atom stereocenters. The lowest BCUT2D eigenvalue weighted by Crippen LogP contribution is -2.33. The van der Waals surface area contributed by atoms with E-state index in [-0.39, 0.29) is 5.91 Å². The number of methoxy groups -OCH3 is 1. The standard InChI is InChI=1S/C15H22N2O4/c1-16-12(15(19)20)6-4-5-10-7-8-11(14(18)17-2)13(9-10)21-3/h7-9,12,16H,4-6H2,1-3H3,(H,17,18)(H,19,20)/t12-/m0/s1. The van der Waals surface area contributed by atoms with E-state index in [0.29, 0.717) is 17.7 Å². The highest BCUT2D eigenvalue weighted by Gasteiger charge is 2.15. The third-order valence-electron chi connectivity index (χ3n) is 3.34. The monoisotopic (exact) mass is 294 g/mol. The number of ether oxygens (including phenoxy) is 1. The Morgan fingerprint density at radius 3 is 2.57 bits per heavy atom. The Morgan fingerprint density at radius 1 is 1.33 bits per heavy atom. The van der Waals surface area contributed by atoms with Crippen molar-refractivity contribution in [2.24, 2.45) is 0 Å². The van der Waals surface area contributed by atoms with Gasteiger partial charge < -0.3 is 20.5 Å². The first-order valence-corrected chi connectivity index (χ1v) is 6.82. The number of benzene rings is 1. The van der Waals surface area contributed by atoms with Crippen LogP contribution in [0.25, 0.3) is 0 Å². The summed E-state index contributed by atoms with van der Waals surface area (Å²) in [6.07, 6.45) is 2.02. The van der Waals surface area contributed by atoms with Gasteiger partial charge in [0.15, 0.2) is 0 Å². The van der Waals surface area contributed by atoms with Gasteiger partial charge in [-0.2, -0.15) is 0 Å². The minimum Gasteiger partial charge on any atom is -0.496 e. The van der Waals surface area contributed by atoms with Crippen molar-refractivity contribution in [1.29, 1.82) is 0 Å². The topological polar surface area (TPSA) is 87.7 Å². The summed E-state index contributed by atoms with van der Waals surface area (Å²) in [5.41, 5.74) is 1.50. The van der Waals surface area contributed by atoms with Gasteiger partial charge in [0.2, 0.25) is 0 Å². The number of amides is 1. The molecule has 0 aliphatic carbocycles. The van der Waals surface area contributed by atoms with E-state index in [1.807, 2.05) is 12.1 Å². The average Bonchev–Trinajstić information content (AvgIpc) is 2.50. The third-order valence-corrected chi connectivity index (χ3v) is 3.34. The molecule has 1 rings (SSSR count). The molecule has 0 aromatic heterocycles. The second-order valence-corrected chi connectivity index (χ2v) is 4.69. The van der Waals surface area contributed by atoms with Crippen molar-refractivity contribution in [1.82, 2.24) is 10.6 Å². The summed E-state index contributed by atoms with van der Waals surface area (Å²) in [5.74, 6) is -0.514. The van der Waals surface area contributed by atoms with E-state index >= 15 is 0 Å². The summed E-state index contributed by atoms with van der Waals surface area (Å²) in [6.45, 7) is 0. The maximum absolute atomic E-state index is 11.7. The van der Waals surface area contributed by atoms with Gasteiger partial charge in [0, 0.05) is 7.05 Å². The van der Waals surface area contributed by atoms with E-state index in [9.17, 15) is 9.59 Å². The maximum atomic E-state index is 11.7. The molecular formula is C15H22N2O4. The molecule has 0 heterocycles. The number of carboxylic acid groups (broad SMARTS) is 1. The average molecular weight is 294 g/mol. The zero-order chi connectivity index (χ0) is 15.8. The summed E-state index contributed by atoms with van der Waals surface area (Å²) >= 11 is 0. The molecule has 0 saturated carbocycles. The first-order chi connectivity index (χ1) is 10.0. The van der Waals surface area contributed by atoms with E-state index in [1.54, 1.807) is 20.2 Å². The minimum absolute atomic E-state index is 0.195. The van der Waals surface area contributed by atoms with Crippen LogP contribution in [0.2, 0.25) is 0 Å². The zero-order valence-electron chi connectivity index (χ0n) is 12.6. The Morgan fingerprint density at radius 2 is 2.05 bits per heavy atom. The van der Waals surface area contributed by atoms with Gasteiger partial charge in [-0.3, -0.25) is 9.59 Å². The molecule has 0 aliphatic rings. The van der Waals surface area contributed by atoms with Crippen molar-refractivity contribution in [2.75, 3.05) is 21.2 Å². The number of aliphatic carboxylic acids is 1. The molecule has 0 spiro atoms. The number of hydrogen-bond donors (Lipinski definition) is 3. The first-order valence-electron chi connectivity index (χ1n) is 6.82. The Kier molecular flexibility index (Phi) is 6.68. The van der Waals surface area contributed by atoms with Crippen LogP contribution in [0.15, 0.2) is 18.2 Å². The summed E-state index contributed by atoms with van der Waals surface area (Å²) < 4.78 is 5.23. The van der Waals surface area contributed by atoms with Crippen LogP contribution in [0.5, 0.6) is 5.75 Å². The molecule has 1 atom stereocenters. The lowest BCUT2D eigenvalue weighted by molar-refractivity contribution is -0.139. The second kappa shape index (κ2) is 8.26. The number of aryl methyl sites for hydroxylation is 1. The fraction of sp³-hybridized carbons (Fsp3) is 0.467. The minimum atomic E-state index is -0.843. The number of carboxylic acids is 1. The zero-order valence-corrected chi connectivity index (χ0v) is 12.6. The Hall–Kier alpha value is -2.08. The SMILES string of the molecule is CNC(=O)c1ccc(CCC[C@H](NC)C(=O)O)cc1OC. The number of carbonyl (C=O) groups is 2. The highest BCUT2D eigenvalue weighted by Crippen LogP contribution is 2.21. The van der Waals surface area contributed by atoms with E-state index in [2.05, 4.69) is 10.6 Å². The Balaban J connectivity index is 2.69. The number of likely N-dealkylation sites (N-methyl/N-ethyl adjacent to an activating group) is 1. The van der Waals surface area contributed by atoms with Gasteiger partial charge >= 0.3 is 5.97 Å². The lowest BCUT2D eigenvalue weighted by Gasteiger charge is -2.12. The summed E-state index contributed by atoms with van der Waals surface area (Å²) in [6, 6.07) is 4.87. The van der Waals surface area contributed by atoms with Gasteiger partial charge in [0.05, 0.1) is 12.7 Å². The molecule has 6 heteroatoms. The fourth-order valence-corrected chi connectivity index (χ4v) is 2.11. The molecule has 21 heavy (non-hydrogen) atoms. The fourth-order valence-electron chi connectivity index (χ4n) is 2.11. The molecule has 116 valence electrons. The quantitative estimate of drug-likeness (QED) is 0.667. The molecule has 3 N–H and O–H groups in total. The van der Waals surface area contributed by atoms with Crippen molar-refractivity contribution in [3.8, 4) is 5.75 Å². The van der Waals surface area contributed by atoms with Gasteiger partial charge in [-0.15, -0.1) is 0 Å². The second-order valence-electron chi connectivity index (χ2n) is 4.69. The molecule has 1 aromatic carbocycles. The molecule has 0 saturated heterocycles. The van der Waals surface area contributed by atoms with E-state index in [1.165, 1.54) is 7.11 Å². The number of carbonyl (C=O) groups excluding carboxylic acids is 1. The van der Waals surface area contributed by atoms with Crippen LogP contribution in [-0.2, 0) is 11.2 Å². The predicted octanol–water partition coefficient (Wildman–Crippen LogP) is 1.05. The number of hydrogen-bond acceptors (Lipinski definition) is 4. The molecule has 0 fully saturated rings. The van der Waals surface area contributed by atoms with E-state index < -0.39 is 12.0 Å². The Bertz CT molecular complexity index is 502. The van der Waals surface area contributed by atoms with Gasteiger partial charge in [-0.1, -0.05) is 6.07 Å². The smallest absolute Gasteiger partial charge is 0.320 e. The molecular weight excluding hydrogens is 272 g/mol. The van der Waals surface area contributed by atoms with Crippen LogP contribution >= 0.6 is 0 Å². The lowest BCUT2D eigenvalue weighted by atomic mass is 10.0. The molecule has 0 radical (unpaired) electrons. The van der Waals surface area contributed by atoms with Crippen LogP contribution in [-0.4, -0.2) is 44.2 Å². The first kappa shape index (κ1) is 17.0. The highest BCUT2D eigenvalue weighted by molar-refractivity contribution is 5.96. The van der Waals surface area contributed by atoms with Crippen LogP contribution in [0.1, 0.15) is 28.8 Å². The Labute approximate surface area is 124 Å². The van der Waals surface area contributed by atoms with Gasteiger partial charge in [-0.05, 0) is 44.0 Å². The van der Waals surface area contributed by atoms with Gasteiger partial charge in [0.1, 0.15) is 11.8 Å². The van der Waals surface area contributed by atoms with Crippen molar-refractivity contribution < 1.29 is 19.4 Å². The molecule has 0 bridgehead atoms. The summed E-state index contributed by atoms with van der Waals surface area (Å²) in [7, 11) is 4.73. The van der Waals surface area contributed by atoms with Crippen LogP contribution < -0.4 is 15.4 Å². The molecule has 0 aliphatic heterocycles. The van der Waals surface area contributed by atoms with Crippen molar-refractivity contribution in [3.05, 3.63) is 29.3 Å². The third kappa shape index (κ3) is 4.75. The van der Waals surface area contributed by atoms with Crippen LogP contribution in [0.4, 0.5) is 0 Å². The van der Waals surface area contributed by atoms with E-state index in [0.717, 1.165) is 18.4 Å². The normalized spacial score (nSPS) is 11.8. The number of rotatable bonds is 8.